The van der Waals surface area contributed by atoms with Crippen LogP contribution < -0.4 is 4.74 Å². The highest BCUT2D eigenvalue weighted by Crippen LogP contribution is 2.28. The van der Waals surface area contributed by atoms with Gasteiger partial charge in [-0.05, 0) is 34.7 Å². The third-order valence-corrected chi connectivity index (χ3v) is 3.79. The molecule has 4 heteroatoms. The number of rotatable bonds is 5. The molecule has 1 aromatic heterocycles. The average molecular weight is 300 g/mol. The highest BCUT2D eigenvalue weighted by atomic mass is 32.1. The van der Waals surface area contributed by atoms with Gasteiger partial charge >= 0.3 is 5.97 Å². The number of ether oxygens (including phenoxy) is 2. The molecule has 1 heterocycles. The van der Waals surface area contributed by atoms with Crippen molar-refractivity contribution in [3.63, 3.8) is 0 Å². The second-order valence-electron chi connectivity index (χ2n) is 4.17. The van der Waals surface area contributed by atoms with Crippen molar-refractivity contribution in [2.24, 2.45) is 0 Å². The Morgan fingerprint density at radius 1 is 1.14 bits per heavy atom. The molecule has 3 nitrogen and oxygen atoms in total. The van der Waals surface area contributed by atoms with E-state index >= 15 is 0 Å². The van der Waals surface area contributed by atoms with Crippen molar-refractivity contribution in [3.05, 3.63) is 70.4 Å². The second-order valence-corrected chi connectivity index (χ2v) is 5.12. The summed E-state index contributed by atoms with van der Waals surface area (Å²) in [6.45, 7) is 0. The maximum atomic E-state index is 11.1. The molecule has 0 N–H and O–H groups in total. The van der Waals surface area contributed by atoms with Crippen LogP contribution in [0.2, 0.25) is 0 Å². The van der Waals surface area contributed by atoms with Gasteiger partial charge in [-0.1, -0.05) is 30.4 Å². The summed E-state index contributed by atoms with van der Waals surface area (Å²) < 4.78 is 9.76. The van der Waals surface area contributed by atoms with Gasteiger partial charge in [0.1, 0.15) is 5.75 Å². The van der Waals surface area contributed by atoms with Crippen molar-refractivity contribution in [1.29, 1.82) is 0 Å². The monoisotopic (exact) mass is 300 g/mol. The van der Waals surface area contributed by atoms with E-state index < -0.39 is 0 Å². The van der Waals surface area contributed by atoms with Crippen molar-refractivity contribution < 1.29 is 14.3 Å². The maximum Gasteiger partial charge on any atom is 0.330 e. The molecule has 0 aliphatic rings. The zero-order chi connectivity index (χ0) is 15.1. The van der Waals surface area contributed by atoms with Crippen LogP contribution in [-0.4, -0.2) is 20.2 Å². The topological polar surface area (TPSA) is 35.5 Å². The Morgan fingerprint density at radius 3 is 2.48 bits per heavy atom. The van der Waals surface area contributed by atoms with Gasteiger partial charge in [0, 0.05) is 11.0 Å². The standard InChI is InChI=1S/C17H16O3S/c1-19-14-10-8-13(9-11-14)15(16-6-4-12-21-16)5-3-7-17(18)20-2/h3-12H,1-2H3/b7-3+,15-5-. The minimum absolute atomic E-state index is 0.369. The quantitative estimate of drug-likeness (QED) is 0.477. The highest BCUT2D eigenvalue weighted by molar-refractivity contribution is 7.11. The lowest BCUT2D eigenvalue weighted by molar-refractivity contribution is -0.134. The Hall–Kier alpha value is -2.33. The van der Waals surface area contributed by atoms with Crippen LogP contribution in [0.25, 0.3) is 5.57 Å². The fraction of sp³-hybridized carbons (Fsp3) is 0.118. The van der Waals surface area contributed by atoms with Gasteiger partial charge in [-0.2, -0.15) is 0 Å². The second kappa shape index (κ2) is 7.45. The van der Waals surface area contributed by atoms with Crippen LogP contribution in [0.1, 0.15) is 10.4 Å². The summed E-state index contributed by atoms with van der Waals surface area (Å²) >= 11 is 1.65. The van der Waals surface area contributed by atoms with E-state index in [0.717, 1.165) is 21.8 Å². The molecular weight excluding hydrogens is 284 g/mol. The van der Waals surface area contributed by atoms with Crippen LogP contribution >= 0.6 is 11.3 Å². The van der Waals surface area contributed by atoms with Gasteiger partial charge in [-0.25, -0.2) is 4.79 Å². The van der Waals surface area contributed by atoms with E-state index in [1.54, 1.807) is 24.5 Å². The first-order chi connectivity index (χ1) is 10.2. The minimum Gasteiger partial charge on any atom is -0.497 e. The minimum atomic E-state index is -0.369. The van der Waals surface area contributed by atoms with E-state index in [9.17, 15) is 4.79 Å². The van der Waals surface area contributed by atoms with Gasteiger partial charge in [-0.15, -0.1) is 11.3 Å². The van der Waals surface area contributed by atoms with E-state index in [1.807, 2.05) is 47.9 Å². The van der Waals surface area contributed by atoms with Crippen LogP contribution in [0, 0.1) is 0 Å². The number of benzene rings is 1. The van der Waals surface area contributed by atoms with Crippen LogP contribution in [0.4, 0.5) is 0 Å². The van der Waals surface area contributed by atoms with Gasteiger partial charge in [-0.3, -0.25) is 0 Å². The summed E-state index contributed by atoms with van der Waals surface area (Å²) in [4.78, 5) is 12.3. The zero-order valence-electron chi connectivity index (χ0n) is 11.9. The van der Waals surface area contributed by atoms with Gasteiger partial charge in [0.05, 0.1) is 14.2 Å². The molecule has 0 amide bonds. The summed E-state index contributed by atoms with van der Waals surface area (Å²) in [6, 6.07) is 11.9. The van der Waals surface area contributed by atoms with E-state index in [2.05, 4.69) is 4.74 Å². The first kappa shape index (κ1) is 15.1. The lowest BCUT2D eigenvalue weighted by Gasteiger charge is -2.06. The summed E-state index contributed by atoms with van der Waals surface area (Å²) in [5.41, 5.74) is 2.11. The number of hydrogen-bond donors (Lipinski definition) is 0. The van der Waals surface area contributed by atoms with Crippen LogP contribution in [-0.2, 0) is 9.53 Å². The molecule has 0 aliphatic carbocycles. The van der Waals surface area contributed by atoms with Crippen molar-refractivity contribution in [1.82, 2.24) is 0 Å². The third kappa shape index (κ3) is 4.07. The smallest absolute Gasteiger partial charge is 0.330 e. The Bertz CT molecular complexity index is 637. The average Bonchev–Trinajstić information content (AvgIpc) is 3.05. The van der Waals surface area contributed by atoms with E-state index in [1.165, 1.54) is 13.2 Å². The number of hydrogen-bond acceptors (Lipinski definition) is 4. The normalized spacial score (nSPS) is 11.6. The van der Waals surface area contributed by atoms with Crippen molar-refractivity contribution >= 4 is 22.9 Å². The fourth-order valence-electron chi connectivity index (χ4n) is 1.81. The Labute approximate surface area is 128 Å². The Balaban J connectivity index is 2.34. The number of esters is 1. The maximum absolute atomic E-state index is 11.1. The fourth-order valence-corrected chi connectivity index (χ4v) is 2.59. The number of methoxy groups -OCH3 is 2. The molecule has 21 heavy (non-hydrogen) atoms. The molecule has 0 saturated carbocycles. The van der Waals surface area contributed by atoms with E-state index in [0.29, 0.717) is 0 Å². The molecule has 0 aliphatic heterocycles. The number of carbonyl (C=O) groups excluding carboxylic acids is 1. The predicted molar refractivity (Wildman–Crippen MR) is 85.5 cm³/mol. The van der Waals surface area contributed by atoms with Crippen LogP contribution in [0.15, 0.2) is 60.0 Å². The van der Waals surface area contributed by atoms with Gasteiger partial charge in [0.2, 0.25) is 0 Å². The first-order valence-corrected chi connectivity index (χ1v) is 7.27. The molecule has 108 valence electrons. The summed E-state index contributed by atoms with van der Waals surface area (Å²) in [5, 5.41) is 2.02. The van der Waals surface area contributed by atoms with Crippen LogP contribution in [0.5, 0.6) is 5.75 Å². The molecule has 1 aromatic carbocycles. The molecule has 2 rings (SSSR count). The largest absolute Gasteiger partial charge is 0.497 e. The third-order valence-electron chi connectivity index (χ3n) is 2.88. The molecular formula is C17H16O3S. The molecule has 0 radical (unpaired) electrons. The molecule has 0 spiro atoms. The number of allylic oxidation sites excluding steroid dienone is 2. The summed E-state index contributed by atoms with van der Waals surface area (Å²) in [7, 11) is 3.00. The Kier molecular flexibility index (Phi) is 5.35. The molecule has 2 aromatic rings. The van der Waals surface area contributed by atoms with E-state index in [4.69, 9.17) is 4.74 Å². The molecule has 0 bridgehead atoms. The number of carbonyl (C=O) groups is 1. The highest BCUT2D eigenvalue weighted by Gasteiger charge is 2.05. The summed E-state index contributed by atoms with van der Waals surface area (Å²) in [5.74, 6) is 0.445. The molecule has 0 saturated heterocycles. The van der Waals surface area contributed by atoms with Crippen LogP contribution in [0.3, 0.4) is 0 Å². The number of thiophene rings is 1. The molecule has 0 unspecified atom stereocenters. The van der Waals surface area contributed by atoms with Crippen molar-refractivity contribution in [2.45, 2.75) is 0 Å². The van der Waals surface area contributed by atoms with E-state index in [-0.39, 0.29) is 5.97 Å². The lowest BCUT2D eigenvalue weighted by Crippen LogP contribution is -1.93. The lowest BCUT2D eigenvalue weighted by atomic mass is 10.0. The van der Waals surface area contributed by atoms with Gasteiger partial charge < -0.3 is 9.47 Å². The Morgan fingerprint density at radius 2 is 1.90 bits per heavy atom. The van der Waals surface area contributed by atoms with Crippen molar-refractivity contribution in [3.8, 4) is 5.75 Å². The van der Waals surface area contributed by atoms with Crippen molar-refractivity contribution in [2.75, 3.05) is 14.2 Å². The zero-order valence-corrected chi connectivity index (χ0v) is 12.7. The van der Waals surface area contributed by atoms with Gasteiger partial charge in [0.15, 0.2) is 0 Å². The predicted octanol–water partition coefficient (Wildman–Crippen LogP) is 3.92. The summed E-state index contributed by atoms with van der Waals surface area (Å²) in [6.07, 6.45) is 5.01. The van der Waals surface area contributed by atoms with Gasteiger partial charge in [0.25, 0.3) is 0 Å². The molecule has 0 fully saturated rings. The molecule has 0 atom stereocenters. The SMILES string of the molecule is COC(=O)/C=C/C=C(/c1ccc(OC)cc1)c1cccs1. The first-order valence-electron chi connectivity index (χ1n) is 6.39.